The van der Waals surface area contributed by atoms with Gasteiger partial charge in [-0.15, -0.1) is 0 Å². The van der Waals surface area contributed by atoms with E-state index in [0.717, 1.165) is 35.2 Å². The molecule has 0 saturated carbocycles. The van der Waals surface area contributed by atoms with Crippen LogP contribution in [-0.2, 0) is 17.5 Å². The van der Waals surface area contributed by atoms with Gasteiger partial charge in [-0.25, -0.2) is 14.1 Å². The molecule has 158 valence electrons. The molecule has 0 aliphatic rings. The van der Waals surface area contributed by atoms with E-state index in [4.69, 9.17) is 0 Å². The molecule has 4 rings (SSSR count). The molecule has 2 aromatic carbocycles. The number of halogens is 4. The minimum Gasteiger partial charge on any atom is -0.324 e. The minimum atomic E-state index is -4.75. The lowest BCUT2D eigenvalue weighted by molar-refractivity contribution is -0.137. The highest BCUT2D eigenvalue weighted by atomic mass is 19.4. The number of benzene rings is 2. The predicted octanol–water partition coefficient (Wildman–Crippen LogP) is 3.38. The van der Waals surface area contributed by atoms with Crippen molar-refractivity contribution in [1.29, 1.82) is 0 Å². The van der Waals surface area contributed by atoms with Crippen molar-refractivity contribution in [2.75, 3.05) is 5.32 Å². The zero-order chi connectivity index (χ0) is 22.2. The summed E-state index contributed by atoms with van der Waals surface area (Å²) in [4.78, 5) is 28.8. The topological polar surface area (TPSA) is 81.8 Å². The molecule has 0 fully saturated rings. The minimum absolute atomic E-state index is 0.0464. The lowest BCUT2D eigenvalue weighted by Gasteiger charge is -2.16. The SMILES string of the molecule is O=C(Cn1cnc2ccc(F)cc2c1=O)Nc1ccc(-n2cccn2)cc1C(F)(F)F. The highest BCUT2D eigenvalue weighted by Crippen LogP contribution is 2.36. The summed E-state index contributed by atoms with van der Waals surface area (Å²) in [7, 11) is 0. The normalized spacial score (nSPS) is 11.6. The molecular weight excluding hydrogens is 418 g/mol. The second kappa shape index (κ2) is 7.67. The number of nitrogens with one attached hydrogen (secondary N) is 1. The largest absolute Gasteiger partial charge is 0.418 e. The van der Waals surface area contributed by atoms with Crippen LogP contribution in [0.15, 0.2) is 66.0 Å². The van der Waals surface area contributed by atoms with Crippen LogP contribution in [-0.4, -0.2) is 25.2 Å². The van der Waals surface area contributed by atoms with Crippen molar-refractivity contribution in [3.05, 3.63) is 82.9 Å². The molecule has 0 aliphatic carbocycles. The molecule has 0 aliphatic heterocycles. The average molecular weight is 431 g/mol. The maximum atomic E-state index is 13.5. The third kappa shape index (κ3) is 4.15. The van der Waals surface area contributed by atoms with Crippen molar-refractivity contribution < 1.29 is 22.4 Å². The van der Waals surface area contributed by atoms with Gasteiger partial charge in [0.25, 0.3) is 5.56 Å². The second-order valence-electron chi connectivity index (χ2n) is 6.57. The molecule has 2 aromatic heterocycles. The van der Waals surface area contributed by atoms with Crippen molar-refractivity contribution in [2.24, 2.45) is 0 Å². The Morgan fingerprint density at radius 3 is 2.65 bits per heavy atom. The highest BCUT2D eigenvalue weighted by molar-refractivity contribution is 5.92. The van der Waals surface area contributed by atoms with Crippen LogP contribution in [0.2, 0.25) is 0 Å². The third-order valence-corrected chi connectivity index (χ3v) is 4.45. The molecule has 31 heavy (non-hydrogen) atoms. The van der Waals surface area contributed by atoms with E-state index in [2.05, 4.69) is 15.4 Å². The third-order valence-electron chi connectivity index (χ3n) is 4.45. The van der Waals surface area contributed by atoms with Gasteiger partial charge in [0, 0.05) is 12.4 Å². The van der Waals surface area contributed by atoms with E-state index in [1.54, 1.807) is 6.07 Å². The van der Waals surface area contributed by atoms with Crippen molar-refractivity contribution in [2.45, 2.75) is 12.7 Å². The van der Waals surface area contributed by atoms with Crippen molar-refractivity contribution >= 4 is 22.5 Å². The van der Waals surface area contributed by atoms with Crippen LogP contribution in [0.3, 0.4) is 0 Å². The van der Waals surface area contributed by atoms with Crippen LogP contribution >= 0.6 is 0 Å². The summed E-state index contributed by atoms with van der Waals surface area (Å²) in [5, 5.41) is 6.02. The first-order valence-corrected chi connectivity index (χ1v) is 8.88. The number of hydrogen-bond acceptors (Lipinski definition) is 4. The zero-order valence-electron chi connectivity index (χ0n) is 15.6. The molecule has 0 atom stereocenters. The van der Waals surface area contributed by atoms with E-state index in [9.17, 15) is 27.2 Å². The van der Waals surface area contributed by atoms with Crippen LogP contribution in [0.1, 0.15) is 5.56 Å². The molecule has 0 spiro atoms. The summed E-state index contributed by atoms with van der Waals surface area (Å²) in [5.74, 6) is -1.53. The van der Waals surface area contributed by atoms with Crippen LogP contribution < -0.4 is 10.9 Å². The quantitative estimate of drug-likeness (QED) is 0.503. The smallest absolute Gasteiger partial charge is 0.324 e. The van der Waals surface area contributed by atoms with Gasteiger partial charge in [0.15, 0.2) is 0 Å². The fourth-order valence-corrected chi connectivity index (χ4v) is 3.03. The predicted molar refractivity (Wildman–Crippen MR) is 103 cm³/mol. The molecule has 4 aromatic rings. The second-order valence-corrected chi connectivity index (χ2v) is 6.57. The standard InChI is InChI=1S/C20H13F4N5O2/c21-12-2-4-16-14(8-12)19(31)28(11-25-16)10-18(30)27-17-5-3-13(29-7-1-6-26-29)9-15(17)20(22,23)24/h1-9,11H,10H2,(H,27,30). The maximum absolute atomic E-state index is 13.5. The van der Waals surface area contributed by atoms with Gasteiger partial charge < -0.3 is 5.32 Å². The van der Waals surface area contributed by atoms with Crippen molar-refractivity contribution in [1.82, 2.24) is 19.3 Å². The van der Waals surface area contributed by atoms with Gasteiger partial charge in [-0.05, 0) is 42.5 Å². The molecule has 1 N–H and O–H groups in total. The van der Waals surface area contributed by atoms with E-state index in [0.29, 0.717) is 0 Å². The first kappa shape index (κ1) is 20.3. The Labute approximate surface area is 171 Å². The molecule has 1 amide bonds. The van der Waals surface area contributed by atoms with Gasteiger partial charge in [-0.3, -0.25) is 14.2 Å². The van der Waals surface area contributed by atoms with Gasteiger partial charge in [0.2, 0.25) is 5.91 Å². The average Bonchev–Trinajstić information content (AvgIpc) is 3.25. The number of carbonyl (C=O) groups is 1. The molecule has 0 saturated heterocycles. The Kier molecular flexibility index (Phi) is 5.01. The monoisotopic (exact) mass is 431 g/mol. The van der Waals surface area contributed by atoms with Crippen molar-refractivity contribution in [3.63, 3.8) is 0 Å². The first-order valence-electron chi connectivity index (χ1n) is 8.88. The van der Waals surface area contributed by atoms with E-state index >= 15 is 0 Å². The number of nitrogens with zero attached hydrogens (tertiary/aromatic N) is 4. The van der Waals surface area contributed by atoms with Gasteiger partial charge in [-0.1, -0.05) is 0 Å². The van der Waals surface area contributed by atoms with Gasteiger partial charge in [0.05, 0.1) is 34.2 Å². The number of alkyl halides is 3. The Hall–Kier alpha value is -4.02. The van der Waals surface area contributed by atoms with E-state index in [1.807, 2.05) is 0 Å². The molecular formula is C20H13F4N5O2. The highest BCUT2D eigenvalue weighted by Gasteiger charge is 2.34. The lowest BCUT2D eigenvalue weighted by atomic mass is 10.1. The first-order chi connectivity index (χ1) is 14.7. The van der Waals surface area contributed by atoms with E-state index < -0.39 is 41.3 Å². The summed E-state index contributed by atoms with van der Waals surface area (Å²) in [6, 6.07) is 8.32. The Morgan fingerprint density at radius 2 is 1.94 bits per heavy atom. The summed E-state index contributed by atoms with van der Waals surface area (Å²) in [5.41, 5.74) is -1.84. The molecule has 0 radical (unpaired) electrons. The Morgan fingerprint density at radius 1 is 1.13 bits per heavy atom. The number of fused-ring (bicyclic) bond motifs is 1. The van der Waals surface area contributed by atoms with Gasteiger partial charge in [0.1, 0.15) is 12.4 Å². The zero-order valence-corrected chi connectivity index (χ0v) is 15.6. The van der Waals surface area contributed by atoms with E-state index in [-0.39, 0.29) is 16.6 Å². The number of hydrogen-bond donors (Lipinski definition) is 1. The lowest BCUT2D eigenvalue weighted by Crippen LogP contribution is -2.28. The fraction of sp³-hybridized carbons (Fsp3) is 0.100. The summed E-state index contributed by atoms with van der Waals surface area (Å²) < 4.78 is 56.2. The van der Waals surface area contributed by atoms with Crippen LogP contribution in [0.4, 0.5) is 23.2 Å². The number of amides is 1. The molecule has 2 heterocycles. The molecule has 0 bridgehead atoms. The number of carbonyl (C=O) groups excluding carboxylic acids is 1. The molecule has 11 heteroatoms. The van der Waals surface area contributed by atoms with Crippen LogP contribution in [0.5, 0.6) is 0 Å². The summed E-state index contributed by atoms with van der Waals surface area (Å²) in [6.45, 7) is -0.601. The summed E-state index contributed by atoms with van der Waals surface area (Å²) in [6.07, 6.45) is -0.766. The van der Waals surface area contributed by atoms with Gasteiger partial charge in [-0.2, -0.15) is 18.3 Å². The number of rotatable bonds is 4. The molecule has 7 nitrogen and oxygen atoms in total. The van der Waals surface area contributed by atoms with Crippen LogP contribution in [0, 0.1) is 5.82 Å². The number of aromatic nitrogens is 4. The Bertz CT molecular complexity index is 1330. The van der Waals surface area contributed by atoms with Crippen molar-refractivity contribution in [3.8, 4) is 5.69 Å². The maximum Gasteiger partial charge on any atom is 0.418 e. The fourth-order valence-electron chi connectivity index (χ4n) is 3.03. The number of anilines is 1. The van der Waals surface area contributed by atoms with E-state index in [1.165, 1.54) is 29.2 Å². The Balaban J connectivity index is 1.62. The van der Waals surface area contributed by atoms with Crippen LogP contribution in [0.25, 0.3) is 16.6 Å². The molecule has 0 unspecified atom stereocenters. The van der Waals surface area contributed by atoms with Gasteiger partial charge >= 0.3 is 6.18 Å². The summed E-state index contributed by atoms with van der Waals surface area (Å²) >= 11 is 0.